The molecule has 35 heavy (non-hydrogen) atoms. The number of hydrogen-bond donors (Lipinski definition) is 0. The van der Waals surface area contributed by atoms with E-state index in [9.17, 15) is 9.59 Å². The summed E-state index contributed by atoms with van der Waals surface area (Å²) in [6.07, 6.45) is 11.0. The van der Waals surface area contributed by atoms with Crippen LogP contribution in [0.2, 0.25) is 18.1 Å². The van der Waals surface area contributed by atoms with Gasteiger partial charge in [0.25, 0.3) is 0 Å². The van der Waals surface area contributed by atoms with Crippen molar-refractivity contribution < 1.29 is 23.5 Å². The molecular formula is C29H48O5Si. The lowest BCUT2D eigenvalue weighted by Gasteiger charge is -2.58. The highest BCUT2D eigenvalue weighted by atomic mass is 28.4. The van der Waals surface area contributed by atoms with Crippen molar-refractivity contribution in [3.05, 3.63) is 35.5 Å². The molecule has 0 unspecified atom stereocenters. The first-order chi connectivity index (χ1) is 16.0. The molecule has 0 N–H and O–H groups in total. The Morgan fingerprint density at radius 2 is 1.77 bits per heavy atom. The Morgan fingerprint density at radius 3 is 2.37 bits per heavy atom. The minimum absolute atomic E-state index is 0.0216. The summed E-state index contributed by atoms with van der Waals surface area (Å²) in [6.45, 7) is 22.7. The van der Waals surface area contributed by atoms with E-state index >= 15 is 0 Å². The summed E-state index contributed by atoms with van der Waals surface area (Å²) in [5.41, 5.74) is 1.83. The molecule has 0 saturated heterocycles. The molecule has 0 aromatic rings. The van der Waals surface area contributed by atoms with Crippen LogP contribution in [-0.2, 0) is 23.5 Å². The van der Waals surface area contributed by atoms with E-state index in [2.05, 4.69) is 60.7 Å². The smallest absolute Gasteiger partial charge is 0.330 e. The number of carbonyl (C=O) groups excluding carboxylic acids is 2. The van der Waals surface area contributed by atoms with Crippen LogP contribution in [0.4, 0.5) is 0 Å². The highest BCUT2D eigenvalue weighted by Gasteiger charge is 2.56. The monoisotopic (exact) mass is 504 g/mol. The van der Waals surface area contributed by atoms with Crippen LogP contribution in [0.3, 0.4) is 0 Å². The SMILES string of the molecule is CCOC(=O)/C=C(C)/C=C/C(=O)OC[C@@]12C=C(C)CC[C@H]1C(C)(C)[C@@H](O[Si](C)(C)C(C)(C)C)CC2. The van der Waals surface area contributed by atoms with Crippen molar-refractivity contribution in [1.29, 1.82) is 0 Å². The zero-order chi connectivity index (χ0) is 26.7. The lowest BCUT2D eigenvalue weighted by atomic mass is 9.51. The van der Waals surface area contributed by atoms with Gasteiger partial charge >= 0.3 is 11.9 Å². The maximum atomic E-state index is 12.6. The average molecular weight is 505 g/mol. The molecule has 198 valence electrons. The molecule has 3 atom stereocenters. The highest BCUT2D eigenvalue weighted by Crippen LogP contribution is 2.58. The molecule has 2 aliphatic carbocycles. The van der Waals surface area contributed by atoms with Crippen molar-refractivity contribution in [2.24, 2.45) is 16.7 Å². The molecule has 1 saturated carbocycles. The Kier molecular flexibility index (Phi) is 9.43. The molecule has 5 nitrogen and oxygen atoms in total. The van der Waals surface area contributed by atoms with Crippen LogP contribution in [-0.4, -0.2) is 39.6 Å². The van der Waals surface area contributed by atoms with Gasteiger partial charge < -0.3 is 13.9 Å². The van der Waals surface area contributed by atoms with Gasteiger partial charge in [0.05, 0.1) is 12.7 Å². The van der Waals surface area contributed by atoms with Gasteiger partial charge in [-0.05, 0) is 81.5 Å². The number of esters is 2. The van der Waals surface area contributed by atoms with E-state index < -0.39 is 14.3 Å². The first kappa shape index (κ1) is 29.6. The summed E-state index contributed by atoms with van der Waals surface area (Å²) >= 11 is 0. The first-order valence-electron chi connectivity index (χ1n) is 13.1. The van der Waals surface area contributed by atoms with Crippen molar-refractivity contribution in [2.45, 2.75) is 105 Å². The number of ether oxygens (including phenoxy) is 2. The lowest BCUT2D eigenvalue weighted by molar-refractivity contribution is -0.149. The van der Waals surface area contributed by atoms with E-state index in [1.807, 2.05) is 0 Å². The molecule has 6 heteroatoms. The summed E-state index contributed by atoms with van der Waals surface area (Å²) in [7, 11) is -1.90. The predicted octanol–water partition coefficient (Wildman–Crippen LogP) is 7.15. The average Bonchev–Trinajstić information content (AvgIpc) is 2.72. The normalized spacial score (nSPS) is 27.3. The molecule has 0 radical (unpaired) electrons. The quantitative estimate of drug-likeness (QED) is 0.115. The van der Waals surface area contributed by atoms with Gasteiger partial charge in [-0.25, -0.2) is 9.59 Å². The molecule has 2 rings (SSSR count). The predicted molar refractivity (Wildman–Crippen MR) is 144 cm³/mol. The van der Waals surface area contributed by atoms with Crippen molar-refractivity contribution in [3.63, 3.8) is 0 Å². The molecule has 0 spiro atoms. The van der Waals surface area contributed by atoms with Crippen molar-refractivity contribution in [1.82, 2.24) is 0 Å². The maximum Gasteiger partial charge on any atom is 0.330 e. The summed E-state index contributed by atoms with van der Waals surface area (Å²) in [4.78, 5) is 24.2. The summed E-state index contributed by atoms with van der Waals surface area (Å²) in [5.74, 6) is -0.417. The molecule has 0 amide bonds. The second-order valence-corrected chi connectivity index (χ2v) is 17.4. The van der Waals surface area contributed by atoms with Crippen LogP contribution in [0.5, 0.6) is 0 Å². The Labute approximate surface area is 214 Å². The molecule has 0 aliphatic heterocycles. The van der Waals surface area contributed by atoms with E-state index in [-0.39, 0.29) is 27.9 Å². The number of allylic oxidation sites excluding steroid dienone is 3. The molecule has 1 fully saturated rings. The van der Waals surface area contributed by atoms with Crippen LogP contribution in [0, 0.1) is 16.7 Å². The molecule has 0 heterocycles. The Balaban J connectivity index is 2.17. The number of rotatable bonds is 8. The standard InChI is InChI=1S/C29H48O5Si/c1-11-32-26(31)18-21(2)13-15-25(30)33-20-29-17-16-24(34-35(9,10)27(4,5)6)28(7,8)23(29)14-12-22(3)19-29/h13,15,18-19,23-24H,11-12,14,16-17,20H2,1-10H3/b15-13+,21-18+/t23-,24-,29+/m0/s1. The van der Waals surface area contributed by atoms with Crippen molar-refractivity contribution in [3.8, 4) is 0 Å². The van der Waals surface area contributed by atoms with E-state index in [0.29, 0.717) is 24.7 Å². The number of carbonyl (C=O) groups is 2. The van der Waals surface area contributed by atoms with E-state index in [0.717, 1.165) is 25.7 Å². The summed E-state index contributed by atoms with van der Waals surface area (Å²) < 4.78 is 17.7. The molecule has 0 aromatic carbocycles. The van der Waals surface area contributed by atoms with Gasteiger partial charge in [-0.2, -0.15) is 0 Å². The fourth-order valence-electron chi connectivity index (χ4n) is 5.51. The summed E-state index contributed by atoms with van der Waals surface area (Å²) in [6, 6.07) is 0. The summed E-state index contributed by atoms with van der Waals surface area (Å²) in [5, 5.41) is 0.169. The molecule has 0 aromatic heterocycles. The van der Waals surface area contributed by atoms with Gasteiger partial charge in [0.2, 0.25) is 0 Å². The first-order valence-corrected chi connectivity index (χ1v) is 16.0. The minimum Gasteiger partial charge on any atom is -0.463 e. The molecule has 0 bridgehead atoms. The highest BCUT2D eigenvalue weighted by molar-refractivity contribution is 6.74. The Morgan fingerprint density at radius 1 is 1.11 bits per heavy atom. The van der Waals surface area contributed by atoms with Crippen LogP contribution >= 0.6 is 0 Å². The van der Waals surface area contributed by atoms with Gasteiger partial charge in [-0.15, -0.1) is 0 Å². The number of fused-ring (bicyclic) bond motifs is 1. The third-order valence-corrected chi connectivity index (χ3v) is 13.0. The van der Waals surface area contributed by atoms with E-state index in [4.69, 9.17) is 13.9 Å². The van der Waals surface area contributed by atoms with E-state index in [1.54, 1.807) is 19.9 Å². The molecular weight excluding hydrogens is 456 g/mol. The minimum atomic E-state index is -1.90. The van der Waals surface area contributed by atoms with Crippen LogP contribution in [0.25, 0.3) is 0 Å². The molecule has 2 aliphatic rings. The van der Waals surface area contributed by atoms with Gasteiger partial charge in [0, 0.05) is 17.6 Å². The van der Waals surface area contributed by atoms with Crippen LogP contribution in [0.1, 0.15) is 81.1 Å². The number of hydrogen-bond acceptors (Lipinski definition) is 5. The van der Waals surface area contributed by atoms with Crippen LogP contribution in [0.15, 0.2) is 35.5 Å². The topological polar surface area (TPSA) is 61.8 Å². The Bertz CT molecular complexity index is 874. The second kappa shape index (κ2) is 11.2. The zero-order valence-electron chi connectivity index (χ0n) is 23.7. The largest absolute Gasteiger partial charge is 0.463 e. The van der Waals surface area contributed by atoms with Crippen LogP contribution < -0.4 is 0 Å². The third-order valence-electron chi connectivity index (χ3n) is 8.50. The van der Waals surface area contributed by atoms with Gasteiger partial charge in [0.1, 0.15) is 6.61 Å². The third kappa shape index (κ3) is 7.19. The second-order valence-electron chi connectivity index (χ2n) is 12.6. The van der Waals surface area contributed by atoms with Crippen molar-refractivity contribution >= 4 is 20.3 Å². The fourth-order valence-corrected chi connectivity index (χ4v) is 6.99. The fraction of sp³-hybridized carbons (Fsp3) is 0.724. The maximum absolute atomic E-state index is 12.6. The van der Waals surface area contributed by atoms with Gasteiger partial charge in [0.15, 0.2) is 8.32 Å². The van der Waals surface area contributed by atoms with E-state index in [1.165, 1.54) is 17.7 Å². The lowest BCUT2D eigenvalue weighted by Crippen LogP contribution is -2.57. The Hall–Kier alpha value is -1.66. The van der Waals surface area contributed by atoms with Crippen molar-refractivity contribution in [2.75, 3.05) is 13.2 Å². The zero-order valence-corrected chi connectivity index (χ0v) is 24.7. The van der Waals surface area contributed by atoms with Gasteiger partial charge in [-0.1, -0.05) is 52.3 Å². The van der Waals surface area contributed by atoms with Gasteiger partial charge in [-0.3, -0.25) is 0 Å².